The number of piperidine rings is 2. The van der Waals surface area contributed by atoms with E-state index in [9.17, 15) is 18.3 Å². The van der Waals surface area contributed by atoms with Crippen LogP contribution in [-0.2, 0) is 10.2 Å². The van der Waals surface area contributed by atoms with Crippen molar-refractivity contribution in [1.29, 1.82) is 0 Å². The number of fused-ring (bicyclic) bond motifs is 1. The van der Waals surface area contributed by atoms with Crippen LogP contribution in [0.5, 0.6) is 11.5 Å². The van der Waals surface area contributed by atoms with Gasteiger partial charge in [0, 0.05) is 43.3 Å². The van der Waals surface area contributed by atoms with Gasteiger partial charge in [-0.25, -0.2) is 14.9 Å². The largest absolute Gasteiger partial charge is 0.493 e. The molecule has 0 bridgehead atoms. The van der Waals surface area contributed by atoms with Gasteiger partial charge in [-0.3, -0.25) is 0 Å². The third-order valence-corrected chi connectivity index (χ3v) is 7.89. The number of nitrogens with two attached hydrogens (primary N) is 1. The Labute approximate surface area is 193 Å². The van der Waals surface area contributed by atoms with Crippen LogP contribution in [0.4, 0.5) is 5.69 Å². The first-order valence-corrected chi connectivity index (χ1v) is 12.5. The van der Waals surface area contributed by atoms with Gasteiger partial charge in [0.1, 0.15) is 0 Å². The Morgan fingerprint density at radius 3 is 2.33 bits per heavy atom. The fourth-order valence-electron chi connectivity index (χ4n) is 5.11. The summed E-state index contributed by atoms with van der Waals surface area (Å²) in [5, 5.41) is 15.7. The molecule has 2 aliphatic rings. The number of hydrogen-bond acceptors (Lipinski definition) is 7. The molecule has 0 amide bonds. The molecule has 2 fully saturated rings. The summed E-state index contributed by atoms with van der Waals surface area (Å²) >= 11 is 0. The monoisotopic (exact) mass is 478 g/mol. The van der Waals surface area contributed by atoms with Crippen molar-refractivity contribution in [3.8, 4) is 11.5 Å². The molecule has 0 spiro atoms. The second kappa shape index (κ2) is 9.32. The fraction of sp³-hybridized carbons (Fsp3) is 0.545. The van der Waals surface area contributed by atoms with Gasteiger partial charge in [-0.2, -0.15) is 12.7 Å². The first-order chi connectivity index (χ1) is 15.7. The maximum absolute atomic E-state index is 11.8. The Balaban J connectivity index is 1.59. The number of hydrogen-bond donors (Lipinski definition) is 2. The lowest BCUT2D eigenvalue weighted by Crippen LogP contribution is -2.46. The van der Waals surface area contributed by atoms with E-state index in [-0.39, 0.29) is 11.6 Å². The lowest BCUT2D eigenvalue weighted by Gasteiger charge is -2.41. The second-order valence-corrected chi connectivity index (χ2v) is 10.2. The van der Waals surface area contributed by atoms with Crippen molar-refractivity contribution in [3.63, 3.8) is 0 Å². The van der Waals surface area contributed by atoms with Crippen LogP contribution in [0.2, 0.25) is 0 Å². The van der Waals surface area contributed by atoms with Crippen molar-refractivity contribution in [2.45, 2.75) is 25.7 Å². The predicted molar refractivity (Wildman–Crippen MR) is 124 cm³/mol. The molecule has 11 heteroatoms. The Morgan fingerprint density at radius 1 is 1.06 bits per heavy atom. The van der Waals surface area contributed by atoms with Crippen LogP contribution in [0.1, 0.15) is 36.2 Å². The van der Waals surface area contributed by atoms with Crippen LogP contribution in [-0.4, -0.2) is 69.2 Å². The van der Waals surface area contributed by atoms with Crippen molar-refractivity contribution >= 4 is 32.8 Å². The minimum absolute atomic E-state index is 0.0251. The summed E-state index contributed by atoms with van der Waals surface area (Å²) in [7, 11) is -0.578. The molecule has 0 radical (unpaired) electrons. The Kier molecular flexibility index (Phi) is 6.64. The molecular weight excluding hydrogens is 448 g/mol. The zero-order valence-corrected chi connectivity index (χ0v) is 19.7. The molecule has 3 N–H and O–H groups in total. The number of anilines is 1. The average Bonchev–Trinajstić information content (AvgIpc) is 2.82. The molecule has 10 nitrogen and oxygen atoms in total. The minimum Gasteiger partial charge on any atom is -0.493 e. The van der Waals surface area contributed by atoms with Crippen LogP contribution in [0.3, 0.4) is 0 Å². The second-order valence-electron chi connectivity index (χ2n) is 8.69. The number of pyridine rings is 1. The molecule has 2 aliphatic heterocycles. The maximum Gasteiger partial charge on any atom is 0.354 e. The summed E-state index contributed by atoms with van der Waals surface area (Å²) in [5.74, 6) is 0.630. The van der Waals surface area contributed by atoms with Crippen LogP contribution in [0, 0.1) is 11.8 Å². The highest BCUT2D eigenvalue weighted by molar-refractivity contribution is 7.86. The zero-order chi connectivity index (χ0) is 23.8. The number of carboxylic acid groups (broad SMARTS) is 1. The van der Waals surface area contributed by atoms with E-state index >= 15 is 0 Å². The number of carbonyl (C=O) groups is 1. The van der Waals surface area contributed by atoms with Crippen LogP contribution < -0.4 is 19.5 Å². The number of aromatic nitrogens is 1. The van der Waals surface area contributed by atoms with Gasteiger partial charge >= 0.3 is 5.97 Å². The summed E-state index contributed by atoms with van der Waals surface area (Å²) in [6.07, 6.45) is 3.60. The zero-order valence-electron chi connectivity index (χ0n) is 18.9. The van der Waals surface area contributed by atoms with E-state index < -0.39 is 16.2 Å². The topological polar surface area (TPSA) is 135 Å². The van der Waals surface area contributed by atoms with Gasteiger partial charge in [0.2, 0.25) is 0 Å². The Morgan fingerprint density at radius 2 is 1.73 bits per heavy atom. The summed E-state index contributed by atoms with van der Waals surface area (Å²) < 4.78 is 35.8. The number of carboxylic acids is 1. The van der Waals surface area contributed by atoms with Gasteiger partial charge in [-0.05, 0) is 49.7 Å². The SMILES string of the molecule is COc1cc2nc(C(=O)O)cc(N3CCC(C4CCCN(S(N)(=O)=O)C4)CC3)c2cc1OC. The molecule has 2 aromatic rings. The quantitative estimate of drug-likeness (QED) is 0.644. The number of ether oxygens (including phenoxy) is 2. The van der Waals surface area contributed by atoms with Gasteiger partial charge in [-0.15, -0.1) is 0 Å². The van der Waals surface area contributed by atoms with Crippen LogP contribution in [0.25, 0.3) is 10.9 Å². The maximum atomic E-state index is 11.8. The third kappa shape index (κ3) is 4.85. The van der Waals surface area contributed by atoms with E-state index in [0.717, 1.165) is 49.8 Å². The first kappa shape index (κ1) is 23.5. The lowest BCUT2D eigenvalue weighted by atomic mass is 9.80. The normalized spacial score (nSPS) is 20.7. The number of benzene rings is 1. The number of methoxy groups -OCH3 is 2. The summed E-state index contributed by atoms with van der Waals surface area (Å²) in [5.41, 5.74) is 1.30. The Hall–Kier alpha value is -2.63. The summed E-state index contributed by atoms with van der Waals surface area (Å²) in [6.45, 7) is 2.44. The standard InChI is InChI=1S/C22H30N4O6S/c1-31-20-10-16-17(12-21(20)32-2)24-18(22(27)28)11-19(16)25-8-5-14(6-9-25)15-4-3-7-26(13-15)33(23,29)30/h10-12,14-15H,3-9,13H2,1-2H3,(H,27,28)(H2,23,29,30). The summed E-state index contributed by atoms with van der Waals surface area (Å²) in [6, 6.07) is 5.14. The molecular formula is C22H30N4O6S. The summed E-state index contributed by atoms with van der Waals surface area (Å²) in [4.78, 5) is 18.2. The minimum atomic E-state index is -3.66. The smallest absolute Gasteiger partial charge is 0.354 e. The van der Waals surface area contributed by atoms with E-state index in [4.69, 9.17) is 14.6 Å². The molecule has 1 aromatic carbocycles. The van der Waals surface area contributed by atoms with E-state index in [1.54, 1.807) is 19.2 Å². The number of nitrogens with zero attached hydrogens (tertiary/aromatic N) is 3. The van der Waals surface area contributed by atoms with Crippen molar-refractivity contribution in [2.75, 3.05) is 45.3 Å². The van der Waals surface area contributed by atoms with Gasteiger partial charge in [0.25, 0.3) is 10.2 Å². The Bertz CT molecular complexity index is 1150. The van der Waals surface area contributed by atoms with Crippen LogP contribution in [0.15, 0.2) is 18.2 Å². The van der Waals surface area contributed by atoms with Gasteiger partial charge in [-0.1, -0.05) is 0 Å². The van der Waals surface area contributed by atoms with E-state index in [0.29, 0.717) is 36.0 Å². The molecule has 1 aromatic heterocycles. The lowest BCUT2D eigenvalue weighted by molar-refractivity contribution is 0.0691. The molecule has 3 heterocycles. The van der Waals surface area contributed by atoms with E-state index in [1.165, 1.54) is 11.4 Å². The van der Waals surface area contributed by atoms with Crippen molar-refractivity contribution < 1.29 is 27.8 Å². The molecule has 4 rings (SSSR count). The predicted octanol–water partition coefficient (Wildman–Crippen LogP) is 2.08. The van der Waals surface area contributed by atoms with Gasteiger partial charge in [0.15, 0.2) is 17.2 Å². The average molecular weight is 479 g/mol. The van der Waals surface area contributed by atoms with Crippen LogP contribution >= 0.6 is 0 Å². The highest BCUT2D eigenvalue weighted by Crippen LogP contribution is 2.39. The highest BCUT2D eigenvalue weighted by Gasteiger charge is 2.33. The van der Waals surface area contributed by atoms with E-state index in [1.807, 2.05) is 6.07 Å². The van der Waals surface area contributed by atoms with Crippen molar-refractivity contribution in [1.82, 2.24) is 9.29 Å². The van der Waals surface area contributed by atoms with Gasteiger partial charge in [0.05, 0.1) is 19.7 Å². The van der Waals surface area contributed by atoms with E-state index in [2.05, 4.69) is 9.88 Å². The van der Waals surface area contributed by atoms with Crippen molar-refractivity contribution in [3.05, 3.63) is 23.9 Å². The fourth-order valence-corrected chi connectivity index (χ4v) is 5.89. The first-order valence-electron chi connectivity index (χ1n) is 11.0. The van der Waals surface area contributed by atoms with Crippen molar-refractivity contribution in [2.24, 2.45) is 17.0 Å². The molecule has 0 aliphatic carbocycles. The molecule has 180 valence electrons. The third-order valence-electron chi connectivity index (χ3n) is 6.84. The highest BCUT2D eigenvalue weighted by atomic mass is 32.2. The molecule has 2 saturated heterocycles. The van der Waals surface area contributed by atoms with Gasteiger partial charge < -0.3 is 19.5 Å². The molecule has 0 saturated carbocycles. The molecule has 1 unspecified atom stereocenters. The molecule has 33 heavy (non-hydrogen) atoms. The molecule has 1 atom stereocenters. The number of rotatable bonds is 6. The number of aromatic carboxylic acids is 1.